The summed E-state index contributed by atoms with van der Waals surface area (Å²) in [4.78, 5) is 10.3. The van der Waals surface area contributed by atoms with Crippen molar-refractivity contribution in [2.45, 2.75) is 32.5 Å². The van der Waals surface area contributed by atoms with Crippen molar-refractivity contribution in [1.82, 2.24) is 19.7 Å². The minimum absolute atomic E-state index is 0.589. The maximum absolute atomic E-state index is 5.41. The molecule has 0 spiro atoms. The molecule has 0 amide bonds. The number of thiophene rings is 1. The summed E-state index contributed by atoms with van der Waals surface area (Å²) in [5, 5.41) is 5.36. The Morgan fingerprint density at radius 2 is 1.93 bits per heavy atom. The van der Waals surface area contributed by atoms with E-state index in [1.54, 1.807) is 11.3 Å². The van der Waals surface area contributed by atoms with Crippen LogP contribution in [0.15, 0.2) is 41.8 Å². The van der Waals surface area contributed by atoms with Crippen molar-refractivity contribution in [2.75, 3.05) is 25.0 Å². The molecule has 142 valence electrons. The number of H-pyrrole nitrogens is 1. The van der Waals surface area contributed by atoms with Crippen LogP contribution in [0.1, 0.15) is 24.8 Å². The first-order chi connectivity index (χ1) is 13.2. The zero-order chi connectivity index (χ0) is 18.6. The number of hydrogen-bond donors (Lipinski definition) is 1. The van der Waals surface area contributed by atoms with Gasteiger partial charge in [-0.15, -0.1) is 11.3 Å². The third-order valence-electron chi connectivity index (χ3n) is 4.93. The van der Waals surface area contributed by atoms with E-state index in [2.05, 4.69) is 57.3 Å². The average Bonchev–Trinajstić information content (AvgIpc) is 3.33. The van der Waals surface area contributed by atoms with E-state index in [0.717, 1.165) is 17.2 Å². The van der Waals surface area contributed by atoms with E-state index >= 15 is 0 Å². The Kier molecular flexibility index (Phi) is 5.71. The molecule has 2 aromatic heterocycles. The molecule has 0 saturated carbocycles. The van der Waals surface area contributed by atoms with Crippen LogP contribution in [0.25, 0.3) is 10.7 Å². The summed E-state index contributed by atoms with van der Waals surface area (Å²) < 4.78 is 2.51. The van der Waals surface area contributed by atoms with Gasteiger partial charge in [-0.25, -0.2) is 4.68 Å². The molecule has 0 aliphatic carbocycles. The van der Waals surface area contributed by atoms with Crippen LogP contribution in [-0.2, 0) is 13.2 Å². The predicted molar refractivity (Wildman–Crippen MR) is 115 cm³/mol. The maximum Gasteiger partial charge on any atom is 0.217 e. The van der Waals surface area contributed by atoms with Crippen molar-refractivity contribution >= 4 is 29.2 Å². The number of aromatic nitrogens is 3. The molecular weight excluding hydrogens is 374 g/mol. The molecule has 27 heavy (non-hydrogen) atoms. The van der Waals surface area contributed by atoms with Gasteiger partial charge in [0.15, 0.2) is 5.82 Å². The topological polar surface area (TPSA) is 40.1 Å². The number of nitrogens with one attached hydrogen (secondary N) is 1. The van der Waals surface area contributed by atoms with Gasteiger partial charge in [0.1, 0.15) is 0 Å². The molecule has 3 aromatic rings. The lowest BCUT2D eigenvalue weighted by atomic mass is 10.1. The Bertz CT molecular complexity index is 905. The van der Waals surface area contributed by atoms with Crippen molar-refractivity contribution in [1.29, 1.82) is 0 Å². The van der Waals surface area contributed by atoms with Gasteiger partial charge >= 0.3 is 0 Å². The van der Waals surface area contributed by atoms with Gasteiger partial charge in [0.05, 0.1) is 11.5 Å². The molecule has 0 bridgehead atoms. The second-order valence-electron chi connectivity index (χ2n) is 7.13. The lowest BCUT2D eigenvalue weighted by Gasteiger charge is -2.29. The minimum Gasteiger partial charge on any atom is -0.372 e. The van der Waals surface area contributed by atoms with Gasteiger partial charge < -0.3 is 4.90 Å². The first kappa shape index (κ1) is 18.4. The summed E-state index contributed by atoms with van der Waals surface area (Å²) in [6.07, 6.45) is 3.98. The molecular formula is C20H25N5S2. The minimum atomic E-state index is 0.589. The van der Waals surface area contributed by atoms with Gasteiger partial charge in [0, 0.05) is 25.3 Å². The molecule has 1 aliphatic heterocycles. The number of aromatic amines is 1. The molecule has 1 N–H and O–H groups in total. The number of rotatable bonds is 6. The molecule has 1 fully saturated rings. The molecule has 7 heteroatoms. The van der Waals surface area contributed by atoms with E-state index < -0.39 is 0 Å². The van der Waals surface area contributed by atoms with E-state index in [9.17, 15) is 0 Å². The van der Waals surface area contributed by atoms with Crippen molar-refractivity contribution in [3.63, 3.8) is 0 Å². The molecule has 0 radical (unpaired) electrons. The first-order valence-corrected chi connectivity index (χ1v) is 10.7. The SMILES string of the molecule is CN(Cc1ccc(N2CCCCC2)cc1)Cn1[nH]c(-c2cccs2)nc1=S. The molecule has 1 saturated heterocycles. The Morgan fingerprint density at radius 1 is 1.15 bits per heavy atom. The van der Waals surface area contributed by atoms with Gasteiger partial charge in [0.25, 0.3) is 0 Å². The average molecular weight is 400 g/mol. The number of hydrogen-bond acceptors (Lipinski definition) is 5. The van der Waals surface area contributed by atoms with E-state index in [0.29, 0.717) is 11.4 Å². The van der Waals surface area contributed by atoms with Crippen LogP contribution >= 0.6 is 23.6 Å². The molecule has 3 heterocycles. The van der Waals surface area contributed by atoms with Crippen LogP contribution in [0.4, 0.5) is 5.69 Å². The number of nitrogens with zero attached hydrogens (tertiary/aromatic N) is 4. The van der Waals surface area contributed by atoms with Crippen molar-refractivity contribution in [3.05, 3.63) is 52.1 Å². The summed E-state index contributed by atoms with van der Waals surface area (Å²) in [7, 11) is 2.10. The summed E-state index contributed by atoms with van der Waals surface area (Å²) in [5.41, 5.74) is 2.65. The normalized spacial score (nSPS) is 14.8. The highest BCUT2D eigenvalue weighted by molar-refractivity contribution is 7.71. The van der Waals surface area contributed by atoms with E-state index in [4.69, 9.17) is 12.2 Å². The summed E-state index contributed by atoms with van der Waals surface area (Å²) >= 11 is 7.07. The van der Waals surface area contributed by atoms with Gasteiger partial charge in [0.2, 0.25) is 4.77 Å². The second kappa shape index (κ2) is 8.37. The number of piperidine rings is 1. The monoisotopic (exact) mass is 399 g/mol. The summed E-state index contributed by atoms with van der Waals surface area (Å²) in [5.74, 6) is 0.842. The maximum atomic E-state index is 5.41. The lowest BCUT2D eigenvalue weighted by Crippen LogP contribution is -2.29. The van der Waals surface area contributed by atoms with E-state index in [-0.39, 0.29) is 0 Å². The summed E-state index contributed by atoms with van der Waals surface area (Å²) in [6, 6.07) is 13.1. The van der Waals surface area contributed by atoms with Crippen LogP contribution < -0.4 is 4.90 Å². The molecule has 1 aliphatic rings. The Labute approximate surface area is 169 Å². The lowest BCUT2D eigenvalue weighted by molar-refractivity contribution is 0.244. The third-order valence-corrected chi connectivity index (χ3v) is 6.11. The smallest absolute Gasteiger partial charge is 0.217 e. The number of benzene rings is 1. The molecule has 0 atom stereocenters. The Morgan fingerprint density at radius 3 is 2.63 bits per heavy atom. The highest BCUT2D eigenvalue weighted by Crippen LogP contribution is 2.22. The molecule has 5 nitrogen and oxygen atoms in total. The second-order valence-corrected chi connectivity index (χ2v) is 8.44. The van der Waals surface area contributed by atoms with Crippen LogP contribution in [0, 0.1) is 4.77 Å². The fourth-order valence-corrected chi connectivity index (χ4v) is 4.40. The fraction of sp³-hybridized carbons (Fsp3) is 0.400. The molecule has 1 aromatic carbocycles. The largest absolute Gasteiger partial charge is 0.372 e. The highest BCUT2D eigenvalue weighted by atomic mass is 32.1. The molecule has 0 unspecified atom stereocenters. The predicted octanol–water partition coefficient (Wildman–Crippen LogP) is 4.75. The van der Waals surface area contributed by atoms with Crippen molar-refractivity contribution in [3.8, 4) is 10.7 Å². The van der Waals surface area contributed by atoms with Crippen LogP contribution in [0.2, 0.25) is 0 Å². The zero-order valence-corrected chi connectivity index (χ0v) is 17.2. The highest BCUT2D eigenvalue weighted by Gasteiger charge is 2.11. The first-order valence-electron chi connectivity index (χ1n) is 9.42. The van der Waals surface area contributed by atoms with Crippen molar-refractivity contribution < 1.29 is 0 Å². The Hall–Kier alpha value is -1.96. The standard InChI is InChI=1S/C20H25N5S2/c1-23(15-25-20(26)21-19(22-25)18-6-5-13-27-18)14-16-7-9-17(10-8-16)24-11-3-2-4-12-24/h5-10,13H,2-4,11-12,14-15H2,1H3,(H,21,22,26). The van der Waals surface area contributed by atoms with Crippen LogP contribution in [0.5, 0.6) is 0 Å². The zero-order valence-electron chi connectivity index (χ0n) is 15.6. The fourth-order valence-electron chi connectivity index (χ4n) is 3.54. The van der Waals surface area contributed by atoms with E-state index in [1.165, 1.54) is 43.6 Å². The van der Waals surface area contributed by atoms with Crippen molar-refractivity contribution in [2.24, 2.45) is 0 Å². The Balaban J connectivity index is 1.38. The summed E-state index contributed by atoms with van der Waals surface area (Å²) in [6.45, 7) is 3.92. The molecule has 4 rings (SSSR count). The van der Waals surface area contributed by atoms with Gasteiger partial charge in [-0.2, -0.15) is 4.98 Å². The quantitative estimate of drug-likeness (QED) is 0.607. The third kappa shape index (κ3) is 4.48. The van der Waals surface area contributed by atoms with Gasteiger partial charge in [-0.1, -0.05) is 18.2 Å². The van der Waals surface area contributed by atoms with Crippen LogP contribution in [-0.4, -0.2) is 39.8 Å². The van der Waals surface area contributed by atoms with E-state index in [1.807, 2.05) is 16.1 Å². The van der Waals surface area contributed by atoms with Crippen LogP contribution in [0.3, 0.4) is 0 Å². The number of anilines is 1. The van der Waals surface area contributed by atoms with Gasteiger partial charge in [-0.05, 0) is 67.7 Å². The van der Waals surface area contributed by atoms with Gasteiger partial charge in [-0.3, -0.25) is 10.00 Å².